The van der Waals surface area contributed by atoms with Crippen molar-refractivity contribution >= 4 is 35.6 Å². The van der Waals surface area contributed by atoms with Crippen molar-refractivity contribution in [3.63, 3.8) is 0 Å². The number of carboxylic acid groups (broad SMARTS) is 1. The van der Waals surface area contributed by atoms with Crippen LogP contribution >= 0.6 is 0 Å². The third-order valence-electron chi connectivity index (χ3n) is 5.88. The first-order valence-corrected chi connectivity index (χ1v) is 11.3. The van der Waals surface area contributed by atoms with Crippen molar-refractivity contribution in [2.24, 2.45) is 22.2 Å². The number of aliphatic carboxylic acids is 1. The fraction of sp³-hybridized carbons (Fsp3) is 0.700. The van der Waals surface area contributed by atoms with E-state index in [-0.39, 0.29) is 38.6 Å². The molecule has 0 unspecified atom stereocenters. The van der Waals surface area contributed by atoms with E-state index in [1.807, 2.05) is 0 Å². The summed E-state index contributed by atoms with van der Waals surface area (Å²) in [4.78, 5) is 68.2. The molecular formula is C20H34N8O6. The molecule has 0 bridgehead atoms. The van der Waals surface area contributed by atoms with Gasteiger partial charge in [0.05, 0.1) is 13.1 Å². The maximum Gasteiger partial charge on any atom is 0.326 e. The van der Waals surface area contributed by atoms with E-state index in [9.17, 15) is 29.1 Å². The number of guanidine groups is 1. The normalized spacial score (nSPS) is 20.5. The van der Waals surface area contributed by atoms with Crippen molar-refractivity contribution in [1.82, 2.24) is 20.4 Å². The van der Waals surface area contributed by atoms with Crippen LogP contribution in [0.1, 0.15) is 38.5 Å². The lowest BCUT2D eigenvalue weighted by atomic mass is 10.1. The third kappa shape index (κ3) is 7.30. The van der Waals surface area contributed by atoms with E-state index in [0.717, 1.165) is 0 Å². The van der Waals surface area contributed by atoms with Crippen LogP contribution in [-0.2, 0) is 24.0 Å². The Bertz CT molecular complexity index is 815. The maximum absolute atomic E-state index is 13.2. The minimum atomic E-state index is -1.09. The van der Waals surface area contributed by atoms with E-state index in [1.54, 1.807) is 0 Å². The van der Waals surface area contributed by atoms with Gasteiger partial charge in [0.25, 0.3) is 0 Å². The fourth-order valence-corrected chi connectivity index (χ4v) is 4.20. The number of nitrogens with one attached hydrogen (secondary N) is 2. The topological polar surface area (TPSA) is 227 Å². The van der Waals surface area contributed by atoms with Gasteiger partial charge < -0.3 is 42.7 Å². The summed E-state index contributed by atoms with van der Waals surface area (Å²) >= 11 is 0. The molecule has 0 aromatic heterocycles. The highest BCUT2D eigenvalue weighted by atomic mass is 16.4. The number of hydrogen-bond acceptors (Lipinski definition) is 7. The van der Waals surface area contributed by atoms with Gasteiger partial charge in [0.2, 0.25) is 23.6 Å². The number of likely N-dealkylation sites (tertiary alicyclic amines) is 2. The molecule has 0 aromatic rings. The second kappa shape index (κ2) is 12.7. The van der Waals surface area contributed by atoms with Crippen molar-refractivity contribution < 1.29 is 29.1 Å². The maximum atomic E-state index is 13.2. The molecule has 2 aliphatic heterocycles. The van der Waals surface area contributed by atoms with Gasteiger partial charge >= 0.3 is 5.97 Å². The summed E-state index contributed by atoms with van der Waals surface area (Å²) in [6.45, 7) is 0.319. The van der Waals surface area contributed by atoms with Gasteiger partial charge in [-0.25, -0.2) is 4.79 Å². The lowest BCUT2D eigenvalue weighted by molar-refractivity contribution is -0.149. The molecule has 190 valence electrons. The molecule has 2 aliphatic rings. The highest BCUT2D eigenvalue weighted by Crippen LogP contribution is 2.21. The van der Waals surface area contributed by atoms with Gasteiger partial charge in [0.1, 0.15) is 18.1 Å². The lowest BCUT2D eigenvalue weighted by Crippen LogP contribution is -2.56. The van der Waals surface area contributed by atoms with Crippen LogP contribution in [0.3, 0.4) is 0 Å². The van der Waals surface area contributed by atoms with Crippen molar-refractivity contribution in [3.8, 4) is 0 Å². The number of carbonyl (C=O) groups is 5. The van der Waals surface area contributed by atoms with E-state index in [4.69, 9.17) is 17.2 Å². The van der Waals surface area contributed by atoms with Gasteiger partial charge in [-0.05, 0) is 38.5 Å². The first-order chi connectivity index (χ1) is 16.1. The van der Waals surface area contributed by atoms with Crippen molar-refractivity contribution in [2.75, 3.05) is 32.7 Å². The molecule has 14 nitrogen and oxygen atoms in total. The van der Waals surface area contributed by atoms with E-state index in [1.165, 1.54) is 9.80 Å². The van der Waals surface area contributed by atoms with E-state index < -0.39 is 47.7 Å². The molecule has 0 spiro atoms. The quantitative estimate of drug-likeness (QED) is 0.0981. The fourth-order valence-electron chi connectivity index (χ4n) is 4.20. The summed E-state index contributed by atoms with van der Waals surface area (Å²) in [6, 6.07) is -2.74. The Kier molecular flexibility index (Phi) is 10.0. The minimum Gasteiger partial charge on any atom is -0.480 e. The Balaban J connectivity index is 2.09. The Morgan fingerprint density at radius 2 is 1.68 bits per heavy atom. The number of nitrogens with zero attached hydrogens (tertiary/aromatic N) is 3. The predicted molar refractivity (Wildman–Crippen MR) is 121 cm³/mol. The minimum absolute atomic E-state index is 0.0979. The molecule has 34 heavy (non-hydrogen) atoms. The van der Waals surface area contributed by atoms with Crippen LogP contribution in [-0.4, -0.2) is 101 Å². The van der Waals surface area contributed by atoms with Gasteiger partial charge in [-0.2, -0.15) is 0 Å². The zero-order valence-corrected chi connectivity index (χ0v) is 19.1. The summed E-state index contributed by atoms with van der Waals surface area (Å²) in [5.41, 5.74) is 15.9. The summed E-state index contributed by atoms with van der Waals surface area (Å²) in [5, 5.41) is 14.5. The van der Waals surface area contributed by atoms with Crippen molar-refractivity contribution in [1.29, 1.82) is 0 Å². The molecule has 2 fully saturated rings. The van der Waals surface area contributed by atoms with Crippen LogP contribution in [0.15, 0.2) is 4.99 Å². The molecule has 2 rings (SSSR count). The van der Waals surface area contributed by atoms with Gasteiger partial charge in [0.15, 0.2) is 5.96 Å². The molecule has 14 heteroatoms. The lowest BCUT2D eigenvalue weighted by Gasteiger charge is -2.30. The summed E-state index contributed by atoms with van der Waals surface area (Å²) in [5.74, 6) is -3.11. The monoisotopic (exact) mass is 482 g/mol. The Hall–Kier alpha value is -3.42. The first-order valence-electron chi connectivity index (χ1n) is 11.3. The standard InChI is InChI=1S/C20H34N8O6/c21-10-15(29)25-11-16(30)27-8-2-5-13(27)17(31)26-12(4-1-7-24-20(22)23)18(32)28-9-3-6-14(28)19(33)34/h12-14H,1-11,21H2,(H,25,29)(H,26,31)(H,33,34)(H4,22,23,24)/t12-,13-,14-/m0/s1. The average molecular weight is 483 g/mol. The third-order valence-corrected chi connectivity index (χ3v) is 5.88. The molecule has 0 saturated carbocycles. The molecule has 0 aromatic carbocycles. The smallest absolute Gasteiger partial charge is 0.326 e. The molecule has 0 aliphatic carbocycles. The molecule has 9 N–H and O–H groups in total. The summed E-state index contributed by atoms with van der Waals surface area (Å²) in [7, 11) is 0. The van der Waals surface area contributed by atoms with Gasteiger partial charge in [0, 0.05) is 19.6 Å². The zero-order valence-electron chi connectivity index (χ0n) is 19.1. The average Bonchev–Trinajstić information content (AvgIpc) is 3.48. The van der Waals surface area contributed by atoms with Crippen LogP contribution in [0.5, 0.6) is 0 Å². The van der Waals surface area contributed by atoms with Crippen LogP contribution in [0.25, 0.3) is 0 Å². The Labute approximate surface area is 197 Å². The number of carbonyl (C=O) groups excluding carboxylic acids is 4. The van der Waals surface area contributed by atoms with Crippen LogP contribution < -0.4 is 27.8 Å². The SMILES string of the molecule is NCC(=O)NCC(=O)N1CCC[C@H]1C(=O)N[C@@H](CCCN=C(N)N)C(=O)N1CCC[C@H]1C(=O)O. The number of carboxylic acids is 1. The highest BCUT2D eigenvalue weighted by molar-refractivity contribution is 5.94. The number of amides is 4. The molecule has 2 saturated heterocycles. The summed E-state index contributed by atoms with van der Waals surface area (Å²) < 4.78 is 0. The Morgan fingerprint density at radius 3 is 2.29 bits per heavy atom. The van der Waals surface area contributed by atoms with Gasteiger partial charge in [-0.1, -0.05) is 0 Å². The van der Waals surface area contributed by atoms with Gasteiger partial charge in [-0.15, -0.1) is 0 Å². The van der Waals surface area contributed by atoms with E-state index in [2.05, 4.69) is 15.6 Å². The van der Waals surface area contributed by atoms with Crippen LogP contribution in [0.2, 0.25) is 0 Å². The number of rotatable bonds is 11. The van der Waals surface area contributed by atoms with Gasteiger partial charge in [-0.3, -0.25) is 24.2 Å². The molecular weight excluding hydrogens is 448 g/mol. The largest absolute Gasteiger partial charge is 0.480 e. The first kappa shape index (κ1) is 26.8. The predicted octanol–water partition coefficient (Wildman–Crippen LogP) is -3.33. The highest BCUT2D eigenvalue weighted by Gasteiger charge is 2.40. The molecule has 2 heterocycles. The second-order valence-corrected chi connectivity index (χ2v) is 8.26. The number of aliphatic imine (C=N–C) groups is 1. The number of hydrogen-bond donors (Lipinski definition) is 6. The Morgan fingerprint density at radius 1 is 1.03 bits per heavy atom. The second-order valence-electron chi connectivity index (χ2n) is 8.26. The molecule has 3 atom stereocenters. The van der Waals surface area contributed by atoms with E-state index >= 15 is 0 Å². The van der Waals surface area contributed by atoms with Crippen molar-refractivity contribution in [2.45, 2.75) is 56.7 Å². The molecule has 0 radical (unpaired) electrons. The van der Waals surface area contributed by atoms with Crippen LogP contribution in [0, 0.1) is 0 Å². The molecule has 4 amide bonds. The summed E-state index contributed by atoms with van der Waals surface area (Å²) in [6.07, 6.45) is 2.45. The van der Waals surface area contributed by atoms with Crippen LogP contribution in [0.4, 0.5) is 0 Å². The van der Waals surface area contributed by atoms with E-state index in [0.29, 0.717) is 38.6 Å². The van der Waals surface area contributed by atoms with Crippen molar-refractivity contribution in [3.05, 3.63) is 0 Å². The number of nitrogens with two attached hydrogens (primary N) is 3. The zero-order chi connectivity index (χ0) is 25.3.